The molecule has 6 heteroatoms. The third-order valence-corrected chi connectivity index (χ3v) is 3.99. The molecule has 0 aliphatic heterocycles. The Morgan fingerprint density at radius 3 is 2.65 bits per heavy atom. The quantitative estimate of drug-likeness (QED) is 0.609. The maximum absolute atomic E-state index is 13.3. The Labute approximate surface area is 151 Å². The monoisotopic (exact) mass is 354 g/mol. The number of Topliss-reactive ketones (excluding diaryl/α,β-unsaturated/α-hetero) is 1. The van der Waals surface area contributed by atoms with Gasteiger partial charge in [-0.1, -0.05) is 12.1 Å². The predicted molar refractivity (Wildman–Crippen MR) is 95.3 cm³/mol. The summed E-state index contributed by atoms with van der Waals surface area (Å²) in [7, 11) is 3.07. The number of hydrogen-bond donors (Lipinski definition) is 0. The van der Waals surface area contributed by atoms with E-state index in [1.807, 2.05) is 10.6 Å². The van der Waals surface area contributed by atoms with Crippen molar-refractivity contribution in [2.24, 2.45) is 0 Å². The second kappa shape index (κ2) is 7.82. The molecule has 3 rings (SSSR count). The molecule has 0 spiro atoms. The third kappa shape index (κ3) is 4.08. The van der Waals surface area contributed by atoms with Crippen LogP contribution in [0.3, 0.4) is 0 Å². The van der Waals surface area contributed by atoms with Crippen molar-refractivity contribution in [2.45, 2.75) is 13.0 Å². The lowest BCUT2D eigenvalue weighted by molar-refractivity contribution is 0.0991. The predicted octanol–water partition coefficient (Wildman–Crippen LogP) is 3.51. The minimum absolute atomic E-state index is 0.0676. The summed E-state index contributed by atoms with van der Waals surface area (Å²) < 4.78 is 25.5. The van der Waals surface area contributed by atoms with Gasteiger partial charge in [-0.15, -0.1) is 0 Å². The number of carbonyl (C=O) groups is 1. The Balaban J connectivity index is 1.69. The van der Waals surface area contributed by atoms with Crippen molar-refractivity contribution in [2.75, 3.05) is 14.2 Å². The number of carbonyl (C=O) groups excluding carboxylic acids is 1. The first-order valence-corrected chi connectivity index (χ1v) is 8.09. The van der Waals surface area contributed by atoms with E-state index < -0.39 is 0 Å². The summed E-state index contributed by atoms with van der Waals surface area (Å²) in [5.74, 6) is 0.742. The van der Waals surface area contributed by atoms with Gasteiger partial charge in [0.2, 0.25) is 0 Å². The van der Waals surface area contributed by atoms with Crippen LogP contribution in [0.1, 0.15) is 21.6 Å². The average molecular weight is 354 g/mol. The molecular weight excluding hydrogens is 335 g/mol. The van der Waals surface area contributed by atoms with Crippen molar-refractivity contribution in [3.63, 3.8) is 0 Å². The number of nitrogens with zero attached hydrogens (tertiary/aromatic N) is 2. The van der Waals surface area contributed by atoms with Gasteiger partial charge in [-0.3, -0.25) is 4.79 Å². The van der Waals surface area contributed by atoms with E-state index in [4.69, 9.17) is 9.47 Å². The van der Waals surface area contributed by atoms with Crippen LogP contribution in [0.15, 0.2) is 55.0 Å². The molecule has 3 aromatic rings. The molecule has 0 atom stereocenters. The molecule has 0 radical (unpaired) electrons. The summed E-state index contributed by atoms with van der Waals surface area (Å²) >= 11 is 0. The van der Waals surface area contributed by atoms with Crippen molar-refractivity contribution in [1.82, 2.24) is 9.55 Å². The Kier molecular flexibility index (Phi) is 5.31. The van der Waals surface area contributed by atoms with E-state index in [0.29, 0.717) is 29.3 Å². The second-order valence-corrected chi connectivity index (χ2v) is 5.84. The van der Waals surface area contributed by atoms with Crippen LogP contribution in [-0.2, 0) is 13.0 Å². The van der Waals surface area contributed by atoms with E-state index in [1.54, 1.807) is 43.9 Å². The van der Waals surface area contributed by atoms with E-state index in [9.17, 15) is 9.18 Å². The largest absolute Gasteiger partial charge is 0.493 e. The fourth-order valence-corrected chi connectivity index (χ4v) is 2.71. The van der Waals surface area contributed by atoms with Crippen LogP contribution in [0.5, 0.6) is 11.5 Å². The first-order valence-electron chi connectivity index (χ1n) is 8.09. The van der Waals surface area contributed by atoms with Gasteiger partial charge in [-0.05, 0) is 35.9 Å². The van der Waals surface area contributed by atoms with E-state index in [2.05, 4.69) is 4.98 Å². The van der Waals surface area contributed by atoms with Gasteiger partial charge in [0, 0.05) is 18.3 Å². The van der Waals surface area contributed by atoms with Crippen molar-refractivity contribution < 1.29 is 18.7 Å². The number of benzene rings is 2. The maximum atomic E-state index is 13.3. The van der Waals surface area contributed by atoms with Crippen LogP contribution in [0.2, 0.25) is 0 Å². The van der Waals surface area contributed by atoms with E-state index >= 15 is 0 Å². The Hall–Kier alpha value is -3.15. The van der Waals surface area contributed by atoms with Crippen molar-refractivity contribution in [3.05, 3.63) is 77.6 Å². The minimum atomic E-state index is -0.272. The number of ketones is 1. The number of ether oxygens (including phenoxy) is 2. The lowest BCUT2D eigenvalue weighted by atomic mass is 10.1. The average Bonchev–Trinajstić information content (AvgIpc) is 3.07. The SMILES string of the molecule is COc1ccc(C(=O)Cc2cn(Cc3cccc(F)c3)cn2)cc1OC. The summed E-state index contributed by atoms with van der Waals surface area (Å²) in [5, 5.41) is 0. The summed E-state index contributed by atoms with van der Waals surface area (Å²) in [6.07, 6.45) is 3.61. The van der Waals surface area contributed by atoms with Crippen molar-refractivity contribution in [1.29, 1.82) is 0 Å². The summed E-state index contributed by atoms with van der Waals surface area (Å²) in [5.41, 5.74) is 2.02. The highest BCUT2D eigenvalue weighted by molar-refractivity contribution is 5.97. The molecule has 134 valence electrons. The third-order valence-electron chi connectivity index (χ3n) is 3.99. The molecule has 1 heterocycles. The molecule has 0 aliphatic carbocycles. The van der Waals surface area contributed by atoms with Gasteiger partial charge in [0.15, 0.2) is 17.3 Å². The lowest BCUT2D eigenvalue weighted by Gasteiger charge is -2.08. The highest BCUT2D eigenvalue weighted by Gasteiger charge is 2.13. The topological polar surface area (TPSA) is 53.4 Å². The number of rotatable bonds is 7. The lowest BCUT2D eigenvalue weighted by Crippen LogP contribution is -2.05. The summed E-state index contributed by atoms with van der Waals surface area (Å²) in [4.78, 5) is 16.8. The number of methoxy groups -OCH3 is 2. The van der Waals surface area contributed by atoms with Gasteiger partial charge >= 0.3 is 0 Å². The zero-order chi connectivity index (χ0) is 18.5. The minimum Gasteiger partial charge on any atom is -0.493 e. The van der Waals surface area contributed by atoms with Crippen LogP contribution < -0.4 is 9.47 Å². The van der Waals surface area contributed by atoms with Crippen LogP contribution in [0.25, 0.3) is 0 Å². The molecule has 0 saturated carbocycles. The first-order chi connectivity index (χ1) is 12.6. The maximum Gasteiger partial charge on any atom is 0.169 e. The molecule has 2 aromatic carbocycles. The molecule has 0 bridgehead atoms. The molecular formula is C20H19FN2O3. The standard InChI is InChI=1S/C20H19FN2O3/c1-25-19-7-6-15(9-20(19)26-2)18(24)10-17-12-23(13-22-17)11-14-4-3-5-16(21)8-14/h3-9,12-13H,10-11H2,1-2H3. The Bertz CT molecular complexity index is 921. The molecule has 0 N–H and O–H groups in total. The van der Waals surface area contributed by atoms with Gasteiger partial charge in [0.05, 0.1) is 32.7 Å². The molecule has 1 aromatic heterocycles. The van der Waals surface area contributed by atoms with Gasteiger partial charge in [-0.2, -0.15) is 0 Å². The van der Waals surface area contributed by atoms with Gasteiger partial charge in [0.25, 0.3) is 0 Å². The number of halogens is 1. The molecule has 26 heavy (non-hydrogen) atoms. The zero-order valence-corrected chi connectivity index (χ0v) is 14.6. The fraction of sp³-hybridized carbons (Fsp3) is 0.200. The van der Waals surface area contributed by atoms with E-state index in [0.717, 1.165) is 5.56 Å². The highest BCUT2D eigenvalue weighted by Crippen LogP contribution is 2.28. The molecule has 0 amide bonds. The fourth-order valence-electron chi connectivity index (χ4n) is 2.71. The van der Waals surface area contributed by atoms with Crippen LogP contribution in [0.4, 0.5) is 4.39 Å². The van der Waals surface area contributed by atoms with Crippen LogP contribution >= 0.6 is 0 Å². The molecule has 5 nitrogen and oxygen atoms in total. The smallest absolute Gasteiger partial charge is 0.169 e. The van der Waals surface area contributed by atoms with Gasteiger partial charge in [0.1, 0.15) is 5.82 Å². The summed E-state index contributed by atoms with van der Waals surface area (Å²) in [6.45, 7) is 0.495. The van der Waals surface area contributed by atoms with Crippen molar-refractivity contribution in [3.8, 4) is 11.5 Å². The van der Waals surface area contributed by atoms with Crippen LogP contribution in [0, 0.1) is 5.82 Å². The van der Waals surface area contributed by atoms with Crippen LogP contribution in [-0.4, -0.2) is 29.6 Å². The molecule has 0 unspecified atom stereocenters. The number of aromatic nitrogens is 2. The number of imidazole rings is 1. The van der Waals surface area contributed by atoms with Gasteiger partial charge < -0.3 is 14.0 Å². The summed E-state index contributed by atoms with van der Waals surface area (Å²) in [6, 6.07) is 11.5. The molecule has 0 saturated heterocycles. The van der Waals surface area contributed by atoms with Gasteiger partial charge in [-0.25, -0.2) is 9.37 Å². The normalized spacial score (nSPS) is 10.6. The Morgan fingerprint density at radius 1 is 1.12 bits per heavy atom. The van der Waals surface area contributed by atoms with E-state index in [-0.39, 0.29) is 18.0 Å². The highest BCUT2D eigenvalue weighted by atomic mass is 19.1. The van der Waals surface area contributed by atoms with Crippen molar-refractivity contribution >= 4 is 5.78 Å². The second-order valence-electron chi connectivity index (χ2n) is 5.84. The van der Waals surface area contributed by atoms with E-state index in [1.165, 1.54) is 19.2 Å². The molecule has 0 fully saturated rings. The first kappa shape index (κ1) is 17.7. The Morgan fingerprint density at radius 2 is 1.92 bits per heavy atom. The number of hydrogen-bond acceptors (Lipinski definition) is 4. The zero-order valence-electron chi connectivity index (χ0n) is 14.6. The molecule has 0 aliphatic rings.